The lowest BCUT2D eigenvalue weighted by Crippen LogP contribution is -2.38. The van der Waals surface area contributed by atoms with Gasteiger partial charge in [0.05, 0.1) is 136 Å². The molecule has 122 heavy (non-hydrogen) atoms. The number of halogens is 3. The summed E-state index contributed by atoms with van der Waals surface area (Å²) in [7, 11) is 11.4. The highest BCUT2D eigenvalue weighted by Gasteiger charge is 2.34. The molecule has 3 fully saturated rings. The number of hydrogen-bond acceptors (Lipinski definition) is 22. The van der Waals surface area contributed by atoms with E-state index in [0.29, 0.717) is 30.0 Å². The molecule has 7 aromatic heterocycles. The summed E-state index contributed by atoms with van der Waals surface area (Å²) >= 11 is 16.6. The largest absolute Gasteiger partial charge is 0.464 e. The third-order valence-electron chi connectivity index (χ3n) is 20.7. The molecular weight excluding hydrogens is 1680 g/mol. The molecule has 8 aromatic carbocycles. The molecule has 6 atom stereocenters. The van der Waals surface area contributed by atoms with Gasteiger partial charge in [0.1, 0.15) is 24.8 Å². The number of carbonyl (C=O) groups is 4. The van der Waals surface area contributed by atoms with E-state index >= 15 is 0 Å². The van der Waals surface area contributed by atoms with Gasteiger partial charge in [-0.3, -0.25) is 42.5 Å². The molecule has 28 nitrogen and oxygen atoms in total. The van der Waals surface area contributed by atoms with Crippen LogP contribution in [0, 0.1) is 6.92 Å². The topological polar surface area (TPSA) is 337 Å². The third kappa shape index (κ3) is 23.0. The van der Waals surface area contributed by atoms with Crippen molar-refractivity contribution in [3.05, 3.63) is 230 Å². The Hall–Kier alpha value is -10.6. The second-order valence-corrected chi connectivity index (χ2v) is 33.5. The van der Waals surface area contributed by atoms with Gasteiger partial charge in [-0.2, -0.15) is 30.6 Å². The number of amides is 1. The number of nitrogens with zero attached hydrogens (tertiary/aromatic N) is 13. The molecule has 640 valence electrons. The predicted molar refractivity (Wildman–Crippen MR) is 481 cm³/mol. The molecule has 0 saturated carbocycles. The van der Waals surface area contributed by atoms with Crippen LogP contribution in [0.1, 0.15) is 126 Å². The number of carbonyl (C=O) groups excluding carboxylic acids is 4. The zero-order valence-electron chi connectivity index (χ0n) is 70.0. The Morgan fingerprint density at radius 3 is 1.51 bits per heavy atom. The molecule has 0 bridgehead atoms. The van der Waals surface area contributed by atoms with Gasteiger partial charge in [-0.1, -0.05) is 78.3 Å². The van der Waals surface area contributed by atoms with Crippen LogP contribution in [-0.2, 0) is 80.4 Å². The van der Waals surface area contributed by atoms with E-state index in [0.717, 1.165) is 153 Å². The van der Waals surface area contributed by atoms with Gasteiger partial charge in [0.25, 0.3) is 0 Å². The van der Waals surface area contributed by atoms with E-state index in [2.05, 4.69) is 110 Å². The van der Waals surface area contributed by atoms with E-state index < -0.39 is 29.9 Å². The van der Waals surface area contributed by atoms with Gasteiger partial charge in [0.2, 0.25) is 5.91 Å². The maximum Gasteiger partial charge on any atom is 0.339 e. The minimum Gasteiger partial charge on any atom is -0.464 e. The predicted octanol–water partition coefficient (Wildman–Crippen LogP) is 14.5. The van der Waals surface area contributed by atoms with Crippen LogP contribution >= 0.6 is 50.5 Å². The smallest absolute Gasteiger partial charge is 0.339 e. The van der Waals surface area contributed by atoms with Crippen LogP contribution in [0.25, 0.3) is 86.8 Å². The molecule has 7 N–H and O–H groups in total. The average Bonchev–Trinajstić information content (AvgIpc) is 1.46. The fourth-order valence-corrected chi connectivity index (χ4v) is 16.1. The van der Waals surface area contributed by atoms with Crippen LogP contribution in [0.3, 0.4) is 0 Å². The van der Waals surface area contributed by atoms with Gasteiger partial charge in [-0.15, -0.1) is 22.9 Å². The molecule has 32 heteroatoms. The van der Waals surface area contributed by atoms with Gasteiger partial charge in [0.15, 0.2) is 10.0 Å². The van der Waals surface area contributed by atoms with Crippen molar-refractivity contribution in [1.82, 2.24) is 79.6 Å². The molecule has 18 rings (SSSR count). The zero-order chi connectivity index (χ0) is 86.9. The zero-order valence-corrected chi connectivity index (χ0v) is 73.9. The maximum absolute atomic E-state index is 13.0. The Morgan fingerprint density at radius 1 is 0.615 bits per heavy atom. The highest BCUT2D eigenvalue weighted by atomic mass is 79.9. The number of benzene rings is 8. The van der Waals surface area contributed by atoms with Crippen LogP contribution in [0.2, 0.25) is 5.02 Å². The number of aldehydes is 1. The van der Waals surface area contributed by atoms with Gasteiger partial charge in [-0.25, -0.2) is 9.78 Å². The number of morpholine rings is 3. The lowest BCUT2D eigenvalue weighted by atomic mass is 9.91. The molecule has 0 radical (unpaired) electrons. The SMILES string of the molecule is CCOC(=O)[C@@H](OC(C)(C)C)c1c(C)cc2nc(Br)sc2c1-c1ccc(Cl)cc1.Cn1ncc2cc(C3CNC(=O)CO3)ccc21.Cn1ncc2cc(C3CNCCO3)ccc21.Cn1ncc2cc(C3CNCCO3)ccc21.Cn1ncc2ccc(C(O)CCC(=O)CCl)cc21.Cn1ncc2ccc(C(O)CN)cc21.Cn1ncc2ccc(C=O)cc21. The number of aryl methyl sites for hydroxylation is 7. The van der Waals surface area contributed by atoms with Crippen LogP contribution in [-0.4, -0.2) is 175 Å². The van der Waals surface area contributed by atoms with Crippen LogP contribution in [0.4, 0.5) is 0 Å². The standard InChI is InChI=1S/C22H23BrClNO3S.C13H15ClN2O2.C12H13N3O2.2C12H15N3O.C10H13N3O.C9H8N2O/c1-6-27-20(26)18(28-22(3,4)5)16-12(2)11-15-19(29-21(23)25-15)17(16)13-7-9-14(24)10-8-13;1-16-12-6-9(2-3-10(12)8-15-16)13(18)5-4-11(17)7-14;1-15-10-3-2-8(4-9(10)5-14-15)11-6-13-12(16)7-17-11;2*1-15-11-3-2-9(6-10(11)7-14-15)12-8-13-4-5-16-12;1-13-9-4-7(10(14)5-11)2-3-8(9)6-12-13;1-11-9-4-7(6-12)2-3-8(9)5-10-11/h7-11,18H,6H2,1-5H3;2-3,6,8,13,18H,4-5,7H2,1H3;2-5,11H,6-7H2,1H3,(H,13,16);2*2-3,6-7,12-13H,4-5,8H2,1H3;2-4,6,10,14H,5,11H2,1H3;2-6H,1H3/t18-;;;;;;/m0....../s1. The minimum absolute atomic E-state index is 0.00743. The molecule has 3 aliphatic heterocycles. The summed E-state index contributed by atoms with van der Waals surface area (Å²) in [5.41, 5.74) is 21.5. The van der Waals surface area contributed by atoms with Gasteiger partial charge < -0.3 is 55.6 Å². The fourth-order valence-electron chi connectivity index (χ4n) is 14.3. The Balaban J connectivity index is 0.000000132. The van der Waals surface area contributed by atoms with Crippen LogP contribution < -0.4 is 21.7 Å². The lowest BCUT2D eigenvalue weighted by Gasteiger charge is -2.29. The summed E-state index contributed by atoms with van der Waals surface area (Å²) in [4.78, 5) is 50.1. The fraction of sp³-hybridized carbons (Fsp3) is 0.344. The van der Waals surface area contributed by atoms with E-state index in [1.165, 1.54) is 33.2 Å². The van der Waals surface area contributed by atoms with Crippen molar-refractivity contribution in [1.29, 1.82) is 0 Å². The Labute approximate surface area is 728 Å². The Kier molecular flexibility index (Phi) is 31.2. The highest BCUT2D eigenvalue weighted by molar-refractivity contribution is 9.11. The number of fused-ring (bicyclic) bond motifs is 7. The monoisotopic (exact) mass is 1780 g/mol. The van der Waals surface area contributed by atoms with E-state index in [1.807, 2.05) is 194 Å². The summed E-state index contributed by atoms with van der Waals surface area (Å²) in [5, 5.41) is 61.4. The first-order valence-corrected chi connectivity index (χ1v) is 42.5. The number of ether oxygens (including phenoxy) is 5. The Morgan fingerprint density at radius 2 is 1.07 bits per heavy atom. The molecule has 15 aromatic rings. The molecule has 3 saturated heterocycles. The number of aliphatic hydroxyl groups excluding tert-OH is 2. The molecule has 10 heterocycles. The number of thiazole rings is 1. The van der Waals surface area contributed by atoms with Crippen molar-refractivity contribution in [3.8, 4) is 11.1 Å². The van der Waals surface area contributed by atoms with Crippen molar-refractivity contribution in [2.45, 2.75) is 89.7 Å². The minimum atomic E-state index is -0.856. The number of alkyl halides is 1. The van der Waals surface area contributed by atoms with Crippen molar-refractivity contribution < 1.29 is 53.1 Å². The molecule has 5 unspecified atom stereocenters. The van der Waals surface area contributed by atoms with Gasteiger partial charge >= 0.3 is 5.97 Å². The normalized spacial score (nSPS) is 16.0. The molecule has 3 aliphatic rings. The number of esters is 1. The Bertz CT molecular complexity index is 6000. The molecular formula is C90H102BrCl2N17O11S. The number of aliphatic hydroxyl groups is 2. The molecule has 1 amide bonds. The first-order valence-electron chi connectivity index (χ1n) is 40.0. The summed E-state index contributed by atoms with van der Waals surface area (Å²) in [6.45, 7) is 16.0. The van der Waals surface area contributed by atoms with Crippen molar-refractivity contribution in [2.75, 3.05) is 71.6 Å². The first-order chi connectivity index (χ1) is 58.7. The maximum atomic E-state index is 13.0. The number of aromatic nitrogens is 13. The van der Waals surface area contributed by atoms with Crippen molar-refractivity contribution in [2.24, 2.45) is 48.0 Å². The summed E-state index contributed by atoms with van der Waals surface area (Å²) < 4.78 is 41.2. The van der Waals surface area contributed by atoms with Gasteiger partial charge in [-0.05, 0) is 169 Å². The third-order valence-corrected chi connectivity index (χ3v) is 22.8. The lowest BCUT2D eigenvalue weighted by molar-refractivity contribution is -0.166. The number of rotatable bonds is 16. The highest BCUT2D eigenvalue weighted by Crippen LogP contribution is 2.44. The van der Waals surface area contributed by atoms with Gasteiger partial charge in [0, 0.05) is 142 Å². The van der Waals surface area contributed by atoms with Crippen LogP contribution in [0.5, 0.6) is 0 Å². The summed E-state index contributed by atoms with van der Waals surface area (Å²) in [5.74, 6) is -0.488. The summed E-state index contributed by atoms with van der Waals surface area (Å²) in [6.07, 6.45) is 10.7. The number of nitrogens with one attached hydrogen (secondary N) is 3. The van der Waals surface area contributed by atoms with Crippen molar-refractivity contribution in [3.63, 3.8) is 0 Å². The quantitative estimate of drug-likeness (QED) is 0.0297. The average molecular weight is 1780 g/mol. The number of ketones is 1. The van der Waals surface area contributed by atoms with Crippen molar-refractivity contribution >= 4 is 150 Å². The van der Waals surface area contributed by atoms with E-state index in [-0.39, 0.29) is 55.6 Å². The molecule has 0 aliphatic carbocycles. The van der Waals surface area contributed by atoms with Crippen LogP contribution in [0.15, 0.2) is 181 Å². The number of nitrogens with two attached hydrogens (primary N) is 1. The number of Topliss-reactive ketones (excluding diaryl/α,β-unsaturated/α-hetero) is 1. The second kappa shape index (κ2) is 42.0. The van der Waals surface area contributed by atoms with E-state index in [9.17, 15) is 29.4 Å². The first kappa shape index (κ1) is 90.7. The second-order valence-electron chi connectivity index (χ2n) is 30.5. The summed E-state index contributed by atoms with van der Waals surface area (Å²) in [6, 6.07) is 45.4. The molecule has 0 spiro atoms. The van der Waals surface area contributed by atoms with E-state index in [4.69, 9.17) is 52.6 Å². The van der Waals surface area contributed by atoms with E-state index in [1.54, 1.807) is 45.6 Å². The number of hydrogen-bond donors (Lipinski definition) is 6.